The van der Waals surface area contributed by atoms with E-state index in [0.717, 1.165) is 11.3 Å². The Bertz CT molecular complexity index is 629. The van der Waals surface area contributed by atoms with Crippen molar-refractivity contribution in [2.75, 3.05) is 23.1 Å². The van der Waals surface area contributed by atoms with E-state index in [-0.39, 0.29) is 11.8 Å². The summed E-state index contributed by atoms with van der Waals surface area (Å²) in [4.78, 5) is 12.4. The molecular formula is C17H19ClN2O2. The van der Waals surface area contributed by atoms with E-state index in [2.05, 4.69) is 10.6 Å². The normalized spacial score (nSPS) is 11.8. The molecule has 0 saturated heterocycles. The fourth-order valence-corrected chi connectivity index (χ4v) is 2.06. The zero-order valence-corrected chi connectivity index (χ0v) is 13.1. The van der Waals surface area contributed by atoms with Crippen molar-refractivity contribution in [2.45, 2.75) is 13.0 Å². The fourth-order valence-electron chi connectivity index (χ4n) is 1.95. The Morgan fingerprint density at radius 1 is 1.18 bits per heavy atom. The zero-order valence-electron chi connectivity index (χ0n) is 12.3. The number of halogens is 1. The van der Waals surface area contributed by atoms with Gasteiger partial charge in [-0.1, -0.05) is 29.8 Å². The highest BCUT2D eigenvalue weighted by Crippen LogP contribution is 2.18. The lowest BCUT2D eigenvalue weighted by Crippen LogP contribution is -2.22. The number of hydrogen-bond acceptors (Lipinski definition) is 3. The maximum absolute atomic E-state index is 12.4. The summed E-state index contributed by atoms with van der Waals surface area (Å²) in [6.07, 6.45) is -0.658. The van der Waals surface area contributed by atoms with Gasteiger partial charge in [-0.3, -0.25) is 4.79 Å². The lowest BCUT2D eigenvalue weighted by molar-refractivity contribution is 0.102. The number of alkyl halides is 1. The molecule has 0 aromatic heterocycles. The van der Waals surface area contributed by atoms with Gasteiger partial charge in [-0.2, -0.15) is 0 Å². The van der Waals surface area contributed by atoms with Gasteiger partial charge in [0.15, 0.2) is 0 Å². The van der Waals surface area contributed by atoms with Gasteiger partial charge in [-0.05, 0) is 31.2 Å². The van der Waals surface area contributed by atoms with Crippen LogP contribution in [-0.2, 0) is 0 Å². The van der Waals surface area contributed by atoms with E-state index in [4.69, 9.17) is 11.6 Å². The monoisotopic (exact) mass is 318 g/mol. The van der Waals surface area contributed by atoms with Gasteiger partial charge in [0.1, 0.15) is 0 Å². The van der Waals surface area contributed by atoms with Crippen molar-refractivity contribution >= 4 is 28.9 Å². The third-order valence-corrected chi connectivity index (χ3v) is 3.54. The van der Waals surface area contributed by atoms with Crippen LogP contribution in [0.1, 0.15) is 15.9 Å². The molecule has 0 aliphatic carbocycles. The second-order valence-electron chi connectivity index (χ2n) is 5.05. The van der Waals surface area contributed by atoms with E-state index in [1.165, 1.54) is 0 Å². The van der Waals surface area contributed by atoms with Crippen LogP contribution in [0.25, 0.3) is 0 Å². The molecule has 0 bridgehead atoms. The van der Waals surface area contributed by atoms with Crippen LogP contribution in [0.2, 0.25) is 0 Å². The van der Waals surface area contributed by atoms with Gasteiger partial charge in [0.2, 0.25) is 0 Å². The lowest BCUT2D eigenvalue weighted by atomic mass is 10.1. The van der Waals surface area contributed by atoms with Crippen molar-refractivity contribution in [1.29, 1.82) is 0 Å². The first kappa shape index (κ1) is 16.3. The predicted octanol–water partition coefficient (Wildman–Crippen LogP) is 3.26. The van der Waals surface area contributed by atoms with Gasteiger partial charge in [0, 0.05) is 17.9 Å². The van der Waals surface area contributed by atoms with Gasteiger partial charge in [0.05, 0.1) is 17.5 Å². The summed E-state index contributed by atoms with van der Waals surface area (Å²) in [5.41, 5.74) is 3.06. The van der Waals surface area contributed by atoms with E-state index < -0.39 is 6.10 Å². The highest BCUT2D eigenvalue weighted by atomic mass is 35.5. The Morgan fingerprint density at radius 2 is 1.86 bits per heavy atom. The average molecular weight is 319 g/mol. The first-order valence-corrected chi connectivity index (χ1v) is 7.58. The van der Waals surface area contributed by atoms with Crippen molar-refractivity contribution in [3.8, 4) is 0 Å². The molecule has 1 unspecified atom stereocenters. The molecule has 22 heavy (non-hydrogen) atoms. The topological polar surface area (TPSA) is 61.4 Å². The summed E-state index contributed by atoms with van der Waals surface area (Å²) >= 11 is 5.57. The van der Waals surface area contributed by atoms with E-state index in [1.54, 1.807) is 18.2 Å². The van der Waals surface area contributed by atoms with Crippen LogP contribution in [0.15, 0.2) is 48.5 Å². The van der Waals surface area contributed by atoms with Gasteiger partial charge in [0.25, 0.3) is 5.91 Å². The molecule has 1 atom stereocenters. The number of aliphatic hydroxyl groups is 1. The number of amides is 1. The van der Waals surface area contributed by atoms with Crippen molar-refractivity contribution in [3.63, 3.8) is 0 Å². The van der Waals surface area contributed by atoms with Crippen LogP contribution in [-0.4, -0.2) is 29.5 Å². The smallest absolute Gasteiger partial charge is 0.257 e. The van der Waals surface area contributed by atoms with Crippen molar-refractivity contribution in [3.05, 3.63) is 59.7 Å². The van der Waals surface area contributed by atoms with E-state index in [9.17, 15) is 9.90 Å². The lowest BCUT2D eigenvalue weighted by Gasteiger charge is -2.14. The minimum atomic E-state index is -0.658. The van der Waals surface area contributed by atoms with E-state index in [1.807, 2.05) is 37.3 Å². The molecule has 116 valence electrons. The molecule has 3 N–H and O–H groups in total. The quantitative estimate of drug-likeness (QED) is 0.716. The summed E-state index contributed by atoms with van der Waals surface area (Å²) in [6.45, 7) is 2.28. The number of para-hydroxylation sites is 1. The van der Waals surface area contributed by atoms with Crippen molar-refractivity contribution in [1.82, 2.24) is 0 Å². The maximum Gasteiger partial charge on any atom is 0.257 e. The Balaban J connectivity index is 2.10. The molecule has 0 heterocycles. The Labute approximate surface area is 135 Å². The van der Waals surface area contributed by atoms with Gasteiger partial charge in [-0.25, -0.2) is 0 Å². The number of hydrogen-bond donors (Lipinski definition) is 3. The summed E-state index contributed by atoms with van der Waals surface area (Å²) in [5, 5.41) is 15.4. The molecule has 2 aromatic carbocycles. The molecule has 0 saturated carbocycles. The number of carbonyl (C=O) groups excluding carboxylic acids is 1. The third-order valence-electron chi connectivity index (χ3n) is 3.19. The SMILES string of the molecule is Cc1ccc(NC(=O)c2ccccc2NCC(O)CCl)cc1. The van der Waals surface area contributed by atoms with Gasteiger partial charge >= 0.3 is 0 Å². The van der Waals surface area contributed by atoms with Crippen LogP contribution in [0.4, 0.5) is 11.4 Å². The van der Waals surface area contributed by atoms with Crippen LogP contribution in [0.3, 0.4) is 0 Å². The maximum atomic E-state index is 12.4. The van der Waals surface area contributed by atoms with E-state index >= 15 is 0 Å². The number of benzene rings is 2. The molecule has 2 rings (SSSR count). The first-order chi connectivity index (χ1) is 10.6. The summed E-state index contributed by atoms with van der Waals surface area (Å²) in [7, 11) is 0. The van der Waals surface area contributed by atoms with Crippen LogP contribution in [0, 0.1) is 6.92 Å². The second-order valence-corrected chi connectivity index (χ2v) is 5.36. The number of aliphatic hydroxyl groups excluding tert-OH is 1. The van der Waals surface area contributed by atoms with Crippen molar-refractivity contribution in [2.24, 2.45) is 0 Å². The molecule has 2 aromatic rings. The molecular weight excluding hydrogens is 300 g/mol. The Hall–Kier alpha value is -2.04. The minimum Gasteiger partial charge on any atom is -0.390 e. The summed E-state index contributed by atoms with van der Waals surface area (Å²) in [6, 6.07) is 14.8. The Morgan fingerprint density at radius 3 is 2.55 bits per heavy atom. The van der Waals surface area contributed by atoms with Crippen LogP contribution in [0.5, 0.6) is 0 Å². The first-order valence-electron chi connectivity index (χ1n) is 7.05. The zero-order chi connectivity index (χ0) is 15.9. The number of carbonyl (C=O) groups is 1. The standard InChI is InChI=1S/C17H19ClN2O2/c1-12-6-8-13(9-7-12)20-17(22)15-4-2-3-5-16(15)19-11-14(21)10-18/h2-9,14,19,21H,10-11H2,1H3,(H,20,22). The molecule has 0 radical (unpaired) electrons. The van der Waals surface area contributed by atoms with Crippen LogP contribution >= 0.6 is 11.6 Å². The Kier molecular flexibility index (Phi) is 5.81. The van der Waals surface area contributed by atoms with Crippen molar-refractivity contribution < 1.29 is 9.90 Å². The third kappa shape index (κ3) is 4.48. The average Bonchev–Trinajstić information content (AvgIpc) is 2.55. The number of nitrogens with one attached hydrogen (secondary N) is 2. The molecule has 0 aliphatic rings. The number of aryl methyl sites for hydroxylation is 1. The number of rotatable bonds is 6. The fraction of sp³-hybridized carbons (Fsp3) is 0.235. The predicted molar refractivity (Wildman–Crippen MR) is 90.8 cm³/mol. The van der Waals surface area contributed by atoms with Gasteiger partial charge in [-0.15, -0.1) is 11.6 Å². The second kappa shape index (κ2) is 7.82. The molecule has 0 spiro atoms. The highest BCUT2D eigenvalue weighted by Gasteiger charge is 2.12. The molecule has 0 aliphatic heterocycles. The van der Waals surface area contributed by atoms with Crippen LogP contribution < -0.4 is 10.6 Å². The number of anilines is 2. The van der Waals surface area contributed by atoms with E-state index in [0.29, 0.717) is 17.8 Å². The molecule has 5 heteroatoms. The largest absolute Gasteiger partial charge is 0.390 e. The highest BCUT2D eigenvalue weighted by molar-refractivity contribution is 6.18. The van der Waals surface area contributed by atoms with Gasteiger partial charge < -0.3 is 15.7 Å². The summed E-state index contributed by atoms with van der Waals surface area (Å²) < 4.78 is 0. The summed E-state index contributed by atoms with van der Waals surface area (Å²) in [5.74, 6) is -0.0580. The molecule has 4 nitrogen and oxygen atoms in total. The minimum absolute atomic E-state index is 0.144. The molecule has 0 fully saturated rings. The molecule has 1 amide bonds.